The van der Waals surface area contributed by atoms with Crippen molar-refractivity contribution in [3.8, 4) is 5.75 Å². The summed E-state index contributed by atoms with van der Waals surface area (Å²) in [5.41, 5.74) is -0.0725. The molecule has 1 aromatic carbocycles. The first-order valence-electron chi connectivity index (χ1n) is 11.7. The third-order valence-corrected chi connectivity index (χ3v) is 5.61. The van der Waals surface area contributed by atoms with Crippen molar-refractivity contribution in [3.63, 3.8) is 0 Å². The first-order valence-corrected chi connectivity index (χ1v) is 11.7. The highest BCUT2D eigenvalue weighted by atomic mass is 16.6. The number of carbonyl (C=O) groups excluding carboxylic acids is 3. The minimum Gasteiger partial charge on any atom is -0.482 e. The number of esters is 1. The van der Waals surface area contributed by atoms with Gasteiger partial charge in [0.2, 0.25) is 17.7 Å². The summed E-state index contributed by atoms with van der Waals surface area (Å²) in [5.74, 6) is 0.464. The summed E-state index contributed by atoms with van der Waals surface area (Å²) >= 11 is 0. The number of nitrogens with one attached hydrogen (secondary N) is 2. The summed E-state index contributed by atoms with van der Waals surface area (Å²) in [5, 5.41) is 9.98. The van der Waals surface area contributed by atoms with Gasteiger partial charge in [0.15, 0.2) is 12.4 Å². The molecule has 1 aromatic heterocycles. The number of aryl methyl sites for hydroxylation is 1. The molecule has 1 aliphatic carbocycles. The molecule has 1 saturated carbocycles. The van der Waals surface area contributed by atoms with E-state index < -0.39 is 11.5 Å². The Morgan fingerprint density at radius 1 is 1.15 bits per heavy atom. The zero-order chi connectivity index (χ0) is 24.4. The molecule has 2 aromatic rings. The zero-order valence-corrected chi connectivity index (χ0v) is 19.7. The van der Waals surface area contributed by atoms with Crippen molar-refractivity contribution < 1.29 is 28.4 Å². The van der Waals surface area contributed by atoms with Gasteiger partial charge in [0, 0.05) is 31.5 Å². The van der Waals surface area contributed by atoms with E-state index in [1.807, 2.05) is 0 Å². The van der Waals surface area contributed by atoms with Gasteiger partial charge in [-0.05, 0) is 31.9 Å². The van der Waals surface area contributed by atoms with Crippen molar-refractivity contribution in [1.82, 2.24) is 15.5 Å². The van der Waals surface area contributed by atoms with Crippen molar-refractivity contribution in [1.29, 1.82) is 0 Å². The quantitative estimate of drug-likeness (QED) is 0.398. The largest absolute Gasteiger partial charge is 0.482 e. The number of hydrogen-bond acceptors (Lipinski definition) is 8. The SMILES string of the molecule is CCOC(=O)COc1cccc(NC(=O)CCc2nc(C3(NC(C)=O)CCCCCC3)no2)c1. The van der Waals surface area contributed by atoms with E-state index in [4.69, 9.17) is 14.0 Å². The molecule has 1 heterocycles. The average Bonchev–Trinajstić information content (AvgIpc) is 3.16. The molecule has 0 saturated heterocycles. The van der Waals surface area contributed by atoms with Gasteiger partial charge in [0.25, 0.3) is 0 Å². The van der Waals surface area contributed by atoms with Gasteiger partial charge in [-0.25, -0.2) is 4.79 Å². The Balaban J connectivity index is 1.55. The highest BCUT2D eigenvalue weighted by Gasteiger charge is 2.38. The van der Waals surface area contributed by atoms with Crippen LogP contribution in [0.1, 0.15) is 70.5 Å². The minimum atomic E-state index is -0.615. The predicted molar refractivity (Wildman–Crippen MR) is 123 cm³/mol. The highest BCUT2D eigenvalue weighted by Crippen LogP contribution is 2.34. The van der Waals surface area contributed by atoms with Crippen LogP contribution in [0.15, 0.2) is 28.8 Å². The Labute approximate surface area is 198 Å². The van der Waals surface area contributed by atoms with E-state index >= 15 is 0 Å². The lowest BCUT2D eigenvalue weighted by molar-refractivity contribution is -0.145. The van der Waals surface area contributed by atoms with E-state index in [1.165, 1.54) is 6.92 Å². The van der Waals surface area contributed by atoms with Crippen LogP contribution in [-0.2, 0) is 31.1 Å². The van der Waals surface area contributed by atoms with Crippen molar-refractivity contribution in [2.45, 2.75) is 70.8 Å². The van der Waals surface area contributed by atoms with Crippen molar-refractivity contribution in [2.24, 2.45) is 0 Å². The second-order valence-corrected chi connectivity index (χ2v) is 8.36. The predicted octanol–water partition coefficient (Wildman–Crippen LogP) is 3.27. The number of nitrogens with zero attached hydrogens (tertiary/aromatic N) is 2. The lowest BCUT2D eigenvalue weighted by Crippen LogP contribution is -2.45. The van der Waals surface area contributed by atoms with Gasteiger partial charge in [-0.2, -0.15) is 4.98 Å². The topological polar surface area (TPSA) is 133 Å². The number of hydrogen-bond donors (Lipinski definition) is 2. The van der Waals surface area contributed by atoms with Crippen LogP contribution in [0.4, 0.5) is 5.69 Å². The number of amides is 2. The smallest absolute Gasteiger partial charge is 0.344 e. The number of ether oxygens (including phenoxy) is 2. The molecule has 0 spiro atoms. The van der Waals surface area contributed by atoms with Crippen molar-refractivity contribution in [3.05, 3.63) is 36.0 Å². The maximum absolute atomic E-state index is 12.4. The van der Waals surface area contributed by atoms with E-state index in [1.54, 1.807) is 31.2 Å². The fourth-order valence-electron chi connectivity index (χ4n) is 4.08. The summed E-state index contributed by atoms with van der Waals surface area (Å²) in [6.07, 6.45) is 6.13. The van der Waals surface area contributed by atoms with Gasteiger partial charge in [-0.15, -0.1) is 0 Å². The molecule has 1 aliphatic rings. The zero-order valence-electron chi connectivity index (χ0n) is 19.7. The normalized spacial score (nSPS) is 15.1. The van der Waals surface area contributed by atoms with Crippen LogP contribution < -0.4 is 15.4 Å². The van der Waals surface area contributed by atoms with Crippen LogP contribution in [0.2, 0.25) is 0 Å². The van der Waals surface area contributed by atoms with Crippen molar-refractivity contribution in [2.75, 3.05) is 18.5 Å². The minimum absolute atomic E-state index is 0.124. The van der Waals surface area contributed by atoms with Crippen LogP contribution in [-0.4, -0.2) is 41.1 Å². The van der Waals surface area contributed by atoms with E-state index in [0.29, 0.717) is 23.2 Å². The van der Waals surface area contributed by atoms with E-state index in [0.717, 1.165) is 38.5 Å². The average molecular weight is 473 g/mol. The van der Waals surface area contributed by atoms with Gasteiger partial charge < -0.3 is 24.6 Å². The van der Waals surface area contributed by atoms with Gasteiger partial charge >= 0.3 is 5.97 Å². The summed E-state index contributed by atoms with van der Waals surface area (Å²) in [6, 6.07) is 6.76. The van der Waals surface area contributed by atoms with Crippen LogP contribution >= 0.6 is 0 Å². The molecule has 0 aliphatic heterocycles. The maximum Gasteiger partial charge on any atom is 0.344 e. The summed E-state index contributed by atoms with van der Waals surface area (Å²) in [6.45, 7) is 3.30. The number of anilines is 1. The molecule has 2 amide bonds. The number of benzene rings is 1. The fraction of sp³-hybridized carbons (Fsp3) is 0.542. The summed E-state index contributed by atoms with van der Waals surface area (Å²) < 4.78 is 15.6. The first kappa shape index (κ1) is 25.2. The Hall–Kier alpha value is -3.43. The third-order valence-electron chi connectivity index (χ3n) is 5.61. The molecule has 10 nitrogen and oxygen atoms in total. The number of aromatic nitrogens is 2. The lowest BCUT2D eigenvalue weighted by Gasteiger charge is -2.30. The Kier molecular flexibility index (Phi) is 9.00. The molecule has 0 radical (unpaired) electrons. The lowest BCUT2D eigenvalue weighted by atomic mass is 9.89. The molecule has 2 N–H and O–H groups in total. The van der Waals surface area contributed by atoms with Crippen LogP contribution in [0.3, 0.4) is 0 Å². The molecular formula is C24H32N4O6. The summed E-state index contributed by atoms with van der Waals surface area (Å²) in [4.78, 5) is 40.2. The van der Waals surface area contributed by atoms with Gasteiger partial charge in [0.1, 0.15) is 11.3 Å². The van der Waals surface area contributed by atoms with Gasteiger partial charge in [-0.3, -0.25) is 9.59 Å². The molecule has 10 heteroatoms. The number of carbonyl (C=O) groups is 3. The second-order valence-electron chi connectivity index (χ2n) is 8.36. The van der Waals surface area contributed by atoms with Gasteiger partial charge in [0.05, 0.1) is 6.61 Å². The van der Waals surface area contributed by atoms with E-state index in [9.17, 15) is 14.4 Å². The molecule has 0 bridgehead atoms. The highest BCUT2D eigenvalue weighted by molar-refractivity contribution is 5.91. The Morgan fingerprint density at radius 2 is 1.91 bits per heavy atom. The third kappa shape index (κ3) is 7.29. The molecule has 3 rings (SSSR count). The van der Waals surface area contributed by atoms with Gasteiger partial charge in [-0.1, -0.05) is 36.9 Å². The maximum atomic E-state index is 12.4. The molecule has 0 atom stereocenters. The molecule has 0 unspecified atom stereocenters. The summed E-state index contributed by atoms with van der Waals surface area (Å²) in [7, 11) is 0. The molecule has 1 fully saturated rings. The Bertz CT molecular complexity index is 981. The number of rotatable bonds is 10. The monoisotopic (exact) mass is 472 g/mol. The van der Waals surface area contributed by atoms with Crippen LogP contribution in [0.25, 0.3) is 0 Å². The fourth-order valence-corrected chi connectivity index (χ4v) is 4.08. The molecule has 184 valence electrons. The van der Waals surface area contributed by atoms with E-state index in [2.05, 4.69) is 20.8 Å². The first-order chi connectivity index (χ1) is 16.4. The Morgan fingerprint density at radius 3 is 2.62 bits per heavy atom. The van der Waals surface area contributed by atoms with Crippen LogP contribution in [0, 0.1) is 0 Å². The van der Waals surface area contributed by atoms with Crippen molar-refractivity contribution >= 4 is 23.5 Å². The standard InChI is InChI=1S/C24H32N4O6/c1-3-32-22(31)16-33-19-10-8-9-18(15-19)25-20(30)11-12-21-26-23(28-34-21)24(27-17(2)29)13-6-4-5-7-14-24/h8-10,15H,3-7,11-14,16H2,1-2H3,(H,25,30)(H,27,29). The van der Waals surface area contributed by atoms with E-state index in [-0.39, 0.29) is 37.9 Å². The van der Waals surface area contributed by atoms with Crippen LogP contribution in [0.5, 0.6) is 5.75 Å². The second kappa shape index (κ2) is 12.2. The molecular weight excluding hydrogens is 440 g/mol. The molecule has 34 heavy (non-hydrogen) atoms.